The average molecular weight is 398 g/mol. The number of phenolic OH excluding ortho intramolecular Hbond substituents is 1. The van der Waals surface area contributed by atoms with E-state index in [0.717, 1.165) is 11.1 Å². The second kappa shape index (κ2) is 7.36. The van der Waals surface area contributed by atoms with Gasteiger partial charge < -0.3 is 19.7 Å². The lowest BCUT2D eigenvalue weighted by atomic mass is 10.0. The fourth-order valence-corrected chi connectivity index (χ4v) is 3.36. The number of carbonyl (C=O) groups excluding carboxylic acids is 1. The first-order valence-corrected chi connectivity index (χ1v) is 8.97. The molecular formula is C20H16ClN3O4. The Morgan fingerprint density at radius 2 is 2.11 bits per heavy atom. The zero-order valence-corrected chi connectivity index (χ0v) is 15.4. The first kappa shape index (κ1) is 18.1. The molecule has 0 unspecified atom stereocenters. The van der Waals surface area contributed by atoms with Crippen molar-refractivity contribution in [3.8, 4) is 22.6 Å². The molecule has 0 fully saturated rings. The molecule has 4 rings (SSSR count). The van der Waals surface area contributed by atoms with Crippen LogP contribution >= 0.6 is 11.6 Å². The number of aromatic nitrogens is 2. The number of benzene rings is 2. The zero-order chi connectivity index (χ0) is 19.7. The standard InChI is InChI=1S/C20H16ClN3O4/c21-15-3-1-2-12(7-15)13-6-14-10-24(4-5-28-18(14)17(25)8-13)20(27)16-9-22-11-23-19(16)26/h1-3,6-9,11,25H,4-5,10H2,(H,22,23,26). The molecule has 2 heterocycles. The Labute approximate surface area is 165 Å². The van der Waals surface area contributed by atoms with E-state index < -0.39 is 11.5 Å². The first-order valence-electron chi connectivity index (χ1n) is 8.59. The molecule has 0 saturated carbocycles. The Hall–Kier alpha value is -3.32. The number of halogens is 1. The highest BCUT2D eigenvalue weighted by molar-refractivity contribution is 6.30. The second-order valence-electron chi connectivity index (χ2n) is 6.36. The summed E-state index contributed by atoms with van der Waals surface area (Å²) in [5.74, 6) is -0.124. The van der Waals surface area contributed by atoms with Crippen molar-refractivity contribution < 1.29 is 14.6 Å². The van der Waals surface area contributed by atoms with E-state index in [4.69, 9.17) is 16.3 Å². The molecule has 1 aliphatic rings. The highest BCUT2D eigenvalue weighted by atomic mass is 35.5. The predicted octanol–water partition coefficient (Wildman–Crippen LogP) is 2.83. The summed E-state index contributed by atoms with van der Waals surface area (Å²) in [4.78, 5) is 32.5. The Morgan fingerprint density at radius 3 is 2.89 bits per heavy atom. The molecule has 1 aliphatic heterocycles. The number of phenols is 1. The molecule has 0 saturated heterocycles. The summed E-state index contributed by atoms with van der Waals surface area (Å²) in [5, 5.41) is 11.0. The molecule has 0 aliphatic carbocycles. The number of H-pyrrole nitrogens is 1. The SMILES string of the molecule is O=C(c1cnc[nH]c1=O)N1CCOc2c(O)cc(-c3cccc(Cl)c3)cc2C1. The van der Waals surface area contributed by atoms with Gasteiger partial charge in [-0.05, 0) is 35.4 Å². The van der Waals surface area contributed by atoms with Crippen molar-refractivity contribution in [1.29, 1.82) is 0 Å². The van der Waals surface area contributed by atoms with Crippen LogP contribution in [0.15, 0.2) is 53.7 Å². The molecule has 2 aromatic carbocycles. The van der Waals surface area contributed by atoms with Gasteiger partial charge in [-0.25, -0.2) is 4.98 Å². The Kier molecular flexibility index (Phi) is 4.75. The molecule has 0 atom stereocenters. The smallest absolute Gasteiger partial charge is 0.263 e. The van der Waals surface area contributed by atoms with Gasteiger partial charge >= 0.3 is 0 Å². The van der Waals surface area contributed by atoms with E-state index in [0.29, 0.717) is 16.3 Å². The van der Waals surface area contributed by atoms with Crippen LogP contribution in [-0.4, -0.2) is 39.0 Å². The zero-order valence-electron chi connectivity index (χ0n) is 14.7. The van der Waals surface area contributed by atoms with Gasteiger partial charge in [0.15, 0.2) is 11.5 Å². The van der Waals surface area contributed by atoms with Crippen LogP contribution in [0.3, 0.4) is 0 Å². The van der Waals surface area contributed by atoms with Crippen LogP contribution in [0.4, 0.5) is 0 Å². The number of amides is 1. The maximum absolute atomic E-state index is 12.8. The van der Waals surface area contributed by atoms with Crippen molar-refractivity contribution in [2.75, 3.05) is 13.2 Å². The molecule has 0 spiro atoms. The molecule has 3 aromatic rings. The van der Waals surface area contributed by atoms with E-state index in [-0.39, 0.29) is 31.0 Å². The molecule has 142 valence electrons. The van der Waals surface area contributed by atoms with Crippen LogP contribution in [0, 0.1) is 0 Å². The maximum atomic E-state index is 12.8. The van der Waals surface area contributed by atoms with E-state index in [1.165, 1.54) is 17.4 Å². The molecule has 0 radical (unpaired) electrons. The number of fused-ring (bicyclic) bond motifs is 1. The summed E-state index contributed by atoms with van der Waals surface area (Å²) in [6.07, 6.45) is 2.48. The van der Waals surface area contributed by atoms with Crippen molar-refractivity contribution in [3.63, 3.8) is 0 Å². The van der Waals surface area contributed by atoms with Gasteiger partial charge in [-0.3, -0.25) is 9.59 Å². The van der Waals surface area contributed by atoms with Gasteiger partial charge in [0.05, 0.1) is 12.9 Å². The maximum Gasteiger partial charge on any atom is 0.263 e. The molecule has 1 aromatic heterocycles. The highest BCUT2D eigenvalue weighted by Crippen LogP contribution is 2.38. The van der Waals surface area contributed by atoms with E-state index in [1.807, 2.05) is 18.2 Å². The molecule has 2 N–H and O–H groups in total. The number of nitrogens with zero attached hydrogens (tertiary/aromatic N) is 2. The van der Waals surface area contributed by atoms with E-state index >= 15 is 0 Å². The highest BCUT2D eigenvalue weighted by Gasteiger charge is 2.25. The van der Waals surface area contributed by atoms with Crippen LogP contribution in [0.2, 0.25) is 5.02 Å². The summed E-state index contributed by atoms with van der Waals surface area (Å²) in [6.45, 7) is 0.652. The van der Waals surface area contributed by atoms with E-state index in [2.05, 4.69) is 9.97 Å². The van der Waals surface area contributed by atoms with E-state index in [1.54, 1.807) is 18.2 Å². The lowest BCUT2D eigenvalue weighted by molar-refractivity contribution is 0.0731. The van der Waals surface area contributed by atoms with Gasteiger partial charge in [0.2, 0.25) is 0 Å². The third-order valence-electron chi connectivity index (χ3n) is 4.51. The van der Waals surface area contributed by atoms with Gasteiger partial charge in [0, 0.05) is 23.3 Å². The Balaban J connectivity index is 1.72. The molecule has 0 bridgehead atoms. The number of ether oxygens (including phenoxy) is 1. The first-order chi connectivity index (χ1) is 13.5. The van der Waals surface area contributed by atoms with Crippen LogP contribution in [0.1, 0.15) is 15.9 Å². The van der Waals surface area contributed by atoms with Gasteiger partial charge in [-0.15, -0.1) is 0 Å². The van der Waals surface area contributed by atoms with Gasteiger partial charge in [0.25, 0.3) is 11.5 Å². The number of hydrogen-bond donors (Lipinski definition) is 2. The number of carbonyl (C=O) groups is 1. The monoisotopic (exact) mass is 397 g/mol. The number of nitrogens with one attached hydrogen (secondary N) is 1. The quantitative estimate of drug-likeness (QED) is 0.693. The van der Waals surface area contributed by atoms with Crippen LogP contribution < -0.4 is 10.3 Å². The van der Waals surface area contributed by atoms with Gasteiger partial charge in [-0.1, -0.05) is 23.7 Å². The summed E-state index contributed by atoms with van der Waals surface area (Å²) in [5.41, 5.74) is 1.68. The van der Waals surface area contributed by atoms with Gasteiger partial charge in [0.1, 0.15) is 12.2 Å². The third kappa shape index (κ3) is 3.44. The topological polar surface area (TPSA) is 95.5 Å². The lowest BCUT2D eigenvalue weighted by Crippen LogP contribution is -2.35. The molecular weight excluding hydrogens is 382 g/mol. The minimum Gasteiger partial charge on any atom is -0.504 e. The van der Waals surface area contributed by atoms with Crippen molar-refractivity contribution >= 4 is 17.5 Å². The van der Waals surface area contributed by atoms with Crippen LogP contribution in [-0.2, 0) is 6.54 Å². The number of aromatic amines is 1. The van der Waals surface area contributed by atoms with Crippen LogP contribution in [0.25, 0.3) is 11.1 Å². The predicted molar refractivity (Wildman–Crippen MR) is 104 cm³/mol. The van der Waals surface area contributed by atoms with Gasteiger partial charge in [-0.2, -0.15) is 0 Å². The average Bonchev–Trinajstić information content (AvgIpc) is 2.91. The summed E-state index contributed by atoms with van der Waals surface area (Å²) in [7, 11) is 0. The Bertz CT molecular complexity index is 1110. The minimum atomic E-state index is -0.499. The largest absolute Gasteiger partial charge is 0.504 e. The van der Waals surface area contributed by atoms with Crippen molar-refractivity contribution in [2.45, 2.75) is 6.54 Å². The Morgan fingerprint density at radius 1 is 1.25 bits per heavy atom. The van der Waals surface area contributed by atoms with Crippen LogP contribution in [0.5, 0.6) is 11.5 Å². The normalized spacial score (nSPS) is 13.4. The van der Waals surface area contributed by atoms with Crippen molar-refractivity contribution in [1.82, 2.24) is 14.9 Å². The number of aromatic hydroxyl groups is 1. The third-order valence-corrected chi connectivity index (χ3v) is 4.74. The fourth-order valence-electron chi connectivity index (χ4n) is 3.17. The minimum absolute atomic E-state index is 0.0130. The van der Waals surface area contributed by atoms with E-state index in [9.17, 15) is 14.7 Å². The molecule has 1 amide bonds. The molecule has 8 heteroatoms. The second-order valence-corrected chi connectivity index (χ2v) is 6.80. The summed E-state index contributed by atoms with van der Waals surface area (Å²) < 4.78 is 5.67. The number of hydrogen-bond acceptors (Lipinski definition) is 5. The molecule has 7 nitrogen and oxygen atoms in total. The summed E-state index contributed by atoms with van der Waals surface area (Å²) >= 11 is 6.07. The van der Waals surface area contributed by atoms with Crippen molar-refractivity contribution in [3.05, 3.63) is 75.4 Å². The molecule has 28 heavy (non-hydrogen) atoms. The fraction of sp³-hybridized carbons (Fsp3) is 0.150. The lowest BCUT2D eigenvalue weighted by Gasteiger charge is -2.19. The number of rotatable bonds is 2. The summed E-state index contributed by atoms with van der Waals surface area (Å²) in [6, 6.07) is 10.7. The van der Waals surface area contributed by atoms with Crippen molar-refractivity contribution in [2.24, 2.45) is 0 Å².